The first-order chi connectivity index (χ1) is 17.0. The van der Waals surface area contributed by atoms with Gasteiger partial charge < -0.3 is 10.6 Å². The molecule has 0 spiro atoms. The number of benzene rings is 1. The second-order valence-corrected chi connectivity index (χ2v) is 9.44. The van der Waals surface area contributed by atoms with E-state index in [1.807, 2.05) is 24.4 Å². The molecule has 35 heavy (non-hydrogen) atoms. The largest absolute Gasteiger partial charge is 0.369 e. The lowest BCUT2D eigenvalue weighted by molar-refractivity contribution is 0.0964. The number of para-hydroxylation sites is 1. The maximum atomic E-state index is 12.4. The Morgan fingerprint density at radius 2 is 1.94 bits per heavy atom. The maximum Gasteiger partial charge on any atom is 0.251 e. The quantitative estimate of drug-likeness (QED) is 0.375. The van der Waals surface area contributed by atoms with Gasteiger partial charge in [-0.2, -0.15) is 0 Å². The van der Waals surface area contributed by atoms with Crippen molar-refractivity contribution in [2.75, 3.05) is 18.9 Å². The van der Waals surface area contributed by atoms with Gasteiger partial charge in [0.2, 0.25) is 0 Å². The number of nitrogens with zero attached hydrogens (tertiary/aromatic N) is 4. The van der Waals surface area contributed by atoms with Gasteiger partial charge in [0.1, 0.15) is 12.1 Å². The second-order valence-electron chi connectivity index (χ2n) is 9.44. The molecule has 0 unspecified atom stereocenters. The zero-order valence-corrected chi connectivity index (χ0v) is 20.4. The summed E-state index contributed by atoms with van der Waals surface area (Å²) in [6, 6.07) is 14.0. The summed E-state index contributed by atoms with van der Waals surface area (Å²) in [6.45, 7) is 5.04. The van der Waals surface area contributed by atoms with E-state index in [0.717, 1.165) is 40.0 Å². The number of amides is 1. The Hall–Kier alpha value is -3.87. The van der Waals surface area contributed by atoms with Crippen molar-refractivity contribution in [3.63, 3.8) is 0 Å². The Morgan fingerprint density at radius 1 is 1.09 bits per heavy atom. The van der Waals surface area contributed by atoms with Crippen LogP contribution in [0.25, 0.3) is 22.2 Å². The van der Waals surface area contributed by atoms with Gasteiger partial charge in [-0.1, -0.05) is 32.0 Å². The number of fused-ring (bicyclic) bond motifs is 1. The molecule has 4 aromatic rings. The third kappa shape index (κ3) is 4.58. The fourth-order valence-corrected chi connectivity index (χ4v) is 4.48. The molecule has 0 saturated heterocycles. The van der Waals surface area contributed by atoms with Crippen molar-refractivity contribution >= 4 is 22.6 Å². The summed E-state index contributed by atoms with van der Waals surface area (Å²) >= 11 is 0. The van der Waals surface area contributed by atoms with Crippen molar-refractivity contribution in [1.29, 1.82) is 0 Å². The van der Waals surface area contributed by atoms with Gasteiger partial charge in [-0.25, -0.2) is 9.97 Å². The molecule has 0 bridgehead atoms. The van der Waals surface area contributed by atoms with Gasteiger partial charge in [-0.05, 0) is 43.0 Å². The average molecular weight is 467 g/mol. The zero-order chi connectivity index (χ0) is 24.4. The summed E-state index contributed by atoms with van der Waals surface area (Å²) in [4.78, 5) is 30.6. The summed E-state index contributed by atoms with van der Waals surface area (Å²) in [5.74, 6) is 1.29. The Labute approximate surface area is 205 Å². The fraction of sp³-hybridized carbons (Fsp3) is 0.321. The molecule has 0 aliphatic heterocycles. The molecule has 1 atom stereocenters. The van der Waals surface area contributed by atoms with Crippen LogP contribution in [0.5, 0.6) is 0 Å². The van der Waals surface area contributed by atoms with Crippen LogP contribution in [-0.2, 0) is 5.41 Å². The number of anilines is 1. The predicted molar refractivity (Wildman–Crippen MR) is 139 cm³/mol. The van der Waals surface area contributed by atoms with Crippen molar-refractivity contribution in [1.82, 2.24) is 25.3 Å². The van der Waals surface area contributed by atoms with Crippen LogP contribution < -0.4 is 10.6 Å². The number of hydrogen-bond donors (Lipinski definition) is 2. The number of nitrogens with one attached hydrogen (secondary N) is 2. The van der Waals surface area contributed by atoms with Gasteiger partial charge in [0.25, 0.3) is 5.91 Å². The normalized spacial score (nSPS) is 14.9. The highest BCUT2D eigenvalue weighted by Crippen LogP contribution is 2.39. The first-order valence-corrected chi connectivity index (χ1v) is 12.1. The monoisotopic (exact) mass is 466 g/mol. The lowest BCUT2D eigenvalue weighted by Crippen LogP contribution is -2.31. The van der Waals surface area contributed by atoms with Gasteiger partial charge in [0, 0.05) is 60.0 Å². The van der Waals surface area contributed by atoms with E-state index >= 15 is 0 Å². The van der Waals surface area contributed by atoms with Gasteiger partial charge in [0.05, 0.1) is 16.8 Å². The number of hydrogen-bond acceptors (Lipinski definition) is 6. The van der Waals surface area contributed by atoms with E-state index in [9.17, 15) is 4.79 Å². The van der Waals surface area contributed by atoms with E-state index in [1.165, 1.54) is 18.5 Å². The van der Waals surface area contributed by atoms with Crippen molar-refractivity contribution in [3.8, 4) is 11.3 Å². The third-order valence-corrected chi connectivity index (χ3v) is 7.08. The molecule has 1 aliphatic rings. The molecule has 1 amide bonds. The minimum atomic E-state index is -0.230. The minimum absolute atomic E-state index is 0.112. The number of carbonyl (C=O) groups excluding carboxylic acids is 1. The number of aromatic nitrogens is 4. The molecule has 3 aromatic heterocycles. The Balaban J connectivity index is 1.40. The third-order valence-electron chi connectivity index (χ3n) is 7.08. The Kier molecular flexibility index (Phi) is 6.16. The van der Waals surface area contributed by atoms with Crippen molar-refractivity contribution in [3.05, 3.63) is 78.0 Å². The zero-order valence-electron chi connectivity index (χ0n) is 20.4. The van der Waals surface area contributed by atoms with E-state index in [1.54, 1.807) is 25.6 Å². The SMILES string of the molecule is CC[C@](C)(CNc1cc(-c2ccc(C3CC3)nc2)ncn1)c1cccc2c(C(=O)NC)ccnc12. The van der Waals surface area contributed by atoms with Gasteiger partial charge in [-0.3, -0.25) is 14.8 Å². The van der Waals surface area contributed by atoms with Crippen LogP contribution in [0.3, 0.4) is 0 Å². The average Bonchev–Trinajstić information content (AvgIpc) is 3.77. The minimum Gasteiger partial charge on any atom is -0.369 e. The second kappa shape index (κ2) is 9.41. The molecule has 1 aromatic carbocycles. The number of carbonyl (C=O) groups is 1. The molecule has 1 fully saturated rings. The van der Waals surface area contributed by atoms with Gasteiger partial charge in [-0.15, -0.1) is 0 Å². The highest BCUT2D eigenvalue weighted by atomic mass is 16.1. The molecule has 3 heterocycles. The summed E-state index contributed by atoms with van der Waals surface area (Å²) in [6.07, 6.45) is 8.56. The molecular formula is C28H30N6O. The smallest absolute Gasteiger partial charge is 0.251 e. The van der Waals surface area contributed by atoms with Crippen molar-refractivity contribution in [2.45, 2.75) is 44.4 Å². The van der Waals surface area contributed by atoms with Crippen molar-refractivity contribution < 1.29 is 4.79 Å². The Morgan fingerprint density at radius 3 is 2.66 bits per heavy atom. The van der Waals surface area contributed by atoms with Crippen LogP contribution in [0.15, 0.2) is 61.2 Å². The van der Waals surface area contributed by atoms with Crippen LogP contribution in [0.1, 0.15) is 60.6 Å². The highest BCUT2D eigenvalue weighted by molar-refractivity contribution is 6.06. The summed E-state index contributed by atoms with van der Waals surface area (Å²) < 4.78 is 0. The summed E-state index contributed by atoms with van der Waals surface area (Å²) in [7, 11) is 1.64. The lowest BCUT2D eigenvalue weighted by atomic mass is 9.78. The van der Waals surface area contributed by atoms with E-state index in [4.69, 9.17) is 0 Å². The van der Waals surface area contributed by atoms with E-state index in [-0.39, 0.29) is 11.3 Å². The predicted octanol–water partition coefficient (Wildman–Crippen LogP) is 5.10. The molecule has 1 saturated carbocycles. The number of pyridine rings is 2. The number of rotatable bonds is 8. The molecule has 178 valence electrons. The lowest BCUT2D eigenvalue weighted by Gasteiger charge is -2.30. The standard InChI is InChI=1S/C28H30N6O/c1-4-28(2,22-7-5-6-20-21(27(35)29-3)12-13-30-26(20)22)16-32-25-14-24(33-17-34-25)19-10-11-23(31-15-19)18-8-9-18/h5-7,10-15,17-18H,4,8-9,16H2,1-3H3,(H,29,35)(H,32,33,34)/t28-/m1/s1. The summed E-state index contributed by atoms with van der Waals surface area (Å²) in [5.41, 5.74) is 5.35. The van der Waals surface area contributed by atoms with Crippen molar-refractivity contribution in [2.24, 2.45) is 0 Å². The highest BCUT2D eigenvalue weighted by Gasteiger charge is 2.28. The van der Waals surface area contributed by atoms with E-state index < -0.39 is 0 Å². The van der Waals surface area contributed by atoms with Crippen LogP contribution in [0.2, 0.25) is 0 Å². The Bertz CT molecular complexity index is 1370. The fourth-order valence-electron chi connectivity index (χ4n) is 4.48. The molecular weight excluding hydrogens is 436 g/mol. The van der Waals surface area contributed by atoms with Gasteiger partial charge in [0.15, 0.2) is 0 Å². The molecule has 7 heteroatoms. The topological polar surface area (TPSA) is 92.7 Å². The molecule has 7 nitrogen and oxygen atoms in total. The van der Waals surface area contributed by atoms with Crippen LogP contribution in [0, 0.1) is 0 Å². The van der Waals surface area contributed by atoms with Crippen LogP contribution >= 0.6 is 0 Å². The molecule has 1 aliphatic carbocycles. The first-order valence-electron chi connectivity index (χ1n) is 12.1. The molecule has 0 radical (unpaired) electrons. The van der Waals surface area contributed by atoms with Crippen LogP contribution in [-0.4, -0.2) is 39.4 Å². The van der Waals surface area contributed by atoms with Crippen LogP contribution in [0.4, 0.5) is 5.82 Å². The van der Waals surface area contributed by atoms with Gasteiger partial charge >= 0.3 is 0 Å². The molecule has 5 rings (SSSR count). The maximum absolute atomic E-state index is 12.4. The first kappa shape index (κ1) is 22.9. The molecule has 2 N–H and O–H groups in total. The summed E-state index contributed by atoms with van der Waals surface area (Å²) in [5, 5.41) is 7.10. The van der Waals surface area contributed by atoms with E-state index in [2.05, 4.69) is 62.6 Å². The van der Waals surface area contributed by atoms with E-state index in [0.29, 0.717) is 18.0 Å².